The second kappa shape index (κ2) is 9.48. The average molecular weight is 474 g/mol. The van der Waals surface area contributed by atoms with Crippen LogP contribution >= 0.6 is 11.3 Å². The van der Waals surface area contributed by atoms with Crippen molar-refractivity contribution >= 4 is 32.2 Å². The smallest absolute Gasteiger partial charge is 0.248 e. The van der Waals surface area contributed by atoms with Gasteiger partial charge >= 0.3 is 0 Å². The van der Waals surface area contributed by atoms with Crippen LogP contribution in [-0.4, -0.2) is 48.8 Å². The van der Waals surface area contributed by atoms with Crippen LogP contribution in [0.25, 0.3) is 0 Å². The predicted octanol–water partition coefficient (Wildman–Crippen LogP) is 3.59. The van der Waals surface area contributed by atoms with E-state index >= 15 is 0 Å². The molecule has 1 amide bonds. The lowest BCUT2D eigenvalue weighted by molar-refractivity contribution is -0.121. The number of nitrogens with zero attached hydrogens (tertiary/aromatic N) is 2. The van der Waals surface area contributed by atoms with E-state index in [1.807, 2.05) is 42.2 Å². The van der Waals surface area contributed by atoms with Gasteiger partial charge in [0.1, 0.15) is 11.9 Å². The van der Waals surface area contributed by atoms with Crippen LogP contribution in [0.2, 0.25) is 0 Å². The van der Waals surface area contributed by atoms with Crippen molar-refractivity contribution in [2.45, 2.75) is 19.4 Å². The molecule has 3 aromatic rings. The molecule has 1 N–H and O–H groups in total. The Morgan fingerprint density at radius 2 is 1.78 bits per heavy atom. The van der Waals surface area contributed by atoms with E-state index in [0.29, 0.717) is 30.2 Å². The second-order valence-electron chi connectivity index (χ2n) is 7.79. The molecule has 0 saturated carbocycles. The van der Waals surface area contributed by atoms with Crippen LogP contribution in [0.4, 0.5) is 9.52 Å². The summed E-state index contributed by atoms with van der Waals surface area (Å²) in [5.74, 6) is -0.462. The maximum absolute atomic E-state index is 14.0. The zero-order valence-electron chi connectivity index (χ0n) is 17.6. The molecule has 9 heteroatoms. The zero-order chi connectivity index (χ0) is 22.7. The molecule has 1 aromatic heterocycles. The number of nitrogens with one attached hydrogen (secondary N) is 1. The van der Waals surface area contributed by atoms with Crippen molar-refractivity contribution < 1.29 is 17.6 Å². The number of anilines is 1. The van der Waals surface area contributed by atoms with Gasteiger partial charge in [-0.2, -0.15) is 0 Å². The van der Waals surface area contributed by atoms with Crippen LogP contribution in [-0.2, 0) is 21.1 Å². The van der Waals surface area contributed by atoms with Crippen LogP contribution in [0.3, 0.4) is 0 Å². The second-order valence-corrected chi connectivity index (χ2v) is 11.2. The maximum atomic E-state index is 14.0. The zero-order valence-corrected chi connectivity index (χ0v) is 19.3. The van der Waals surface area contributed by atoms with Crippen molar-refractivity contribution in [1.29, 1.82) is 0 Å². The lowest BCUT2D eigenvalue weighted by Crippen LogP contribution is -2.46. The van der Waals surface area contributed by atoms with E-state index in [9.17, 15) is 17.6 Å². The fourth-order valence-corrected chi connectivity index (χ4v) is 6.00. The van der Waals surface area contributed by atoms with Gasteiger partial charge in [-0.1, -0.05) is 48.5 Å². The molecule has 1 aliphatic heterocycles. The number of halogens is 1. The van der Waals surface area contributed by atoms with E-state index in [1.54, 1.807) is 18.2 Å². The molecule has 2 heterocycles. The number of sulfone groups is 1. The minimum Gasteiger partial charge on any atom is -0.300 e. The highest BCUT2D eigenvalue weighted by molar-refractivity contribution is 7.91. The van der Waals surface area contributed by atoms with Crippen molar-refractivity contribution in [3.63, 3.8) is 0 Å². The number of aryl methyl sites for hydroxylation is 1. The molecule has 2 aromatic carbocycles. The van der Waals surface area contributed by atoms with E-state index in [0.717, 1.165) is 16.1 Å². The van der Waals surface area contributed by atoms with Gasteiger partial charge < -0.3 is 5.32 Å². The molecular formula is C23H24FN3O3S2. The molecule has 32 heavy (non-hydrogen) atoms. The van der Waals surface area contributed by atoms with Crippen molar-refractivity contribution in [2.24, 2.45) is 0 Å². The van der Waals surface area contributed by atoms with Gasteiger partial charge in [-0.3, -0.25) is 9.69 Å². The number of amides is 1. The van der Waals surface area contributed by atoms with Gasteiger partial charge in [0.05, 0.1) is 17.2 Å². The number of benzene rings is 2. The monoisotopic (exact) mass is 473 g/mol. The Morgan fingerprint density at radius 3 is 2.47 bits per heavy atom. The number of rotatable bonds is 6. The third-order valence-electron chi connectivity index (χ3n) is 5.54. The van der Waals surface area contributed by atoms with Crippen LogP contribution < -0.4 is 5.32 Å². The average Bonchev–Trinajstić information content (AvgIpc) is 3.10. The van der Waals surface area contributed by atoms with E-state index in [-0.39, 0.29) is 23.2 Å². The highest BCUT2D eigenvalue weighted by Gasteiger charge is 2.33. The van der Waals surface area contributed by atoms with Crippen LogP contribution in [0, 0.1) is 12.7 Å². The molecule has 1 unspecified atom stereocenters. The summed E-state index contributed by atoms with van der Waals surface area (Å²) in [6.07, 6.45) is 0.401. The molecule has 0 aliphatic carbocycles. The summed E-state index contributed by atoms with van der Waals surface area (Å²) in [5.41, 5.74) is 2.12. The number of carbonyl (C=O) groups is 1. The molecule has 1 aliphatic rings. The Hall–Kier alpha value is -2.62. The lowest BCUT2D eigenvalue weighted by Gasteiger charge is -2.33. The van der Waals surface area contributed by atoms with Crippen LogP contribution in [0.15, 0.2) is 54.6 Å². The summed E-state index contributed by atoms with van der Waals surface area (Å²) >= 11 is 1.33. The largest absolute Gasteiger partial charge is 0.300 e. The number of carbonyl (C=O) groups excluding carboxylic acids is 1. The van der Waals surface area contributed by atoms with Gasteiger partial charge in [0.2, 0.25) is 5.91 Å². The first-order chi connectivity index (χ1) is 15.3. The molecule has 0 radical (unpaired) electrons. The van der Waals surface area contributed by atoms with Gasteiger partial charge in [-0.25, -0.2) is 17.8 Å². The third-order valence-corrected chi connectivity index (χ3v) is 8.22. The number of aromatic nitrogens is 1. The molecular weight excluding hydrogens is 449 g/mol. The fourth-order valence-electron chi connectivity index (χ4n) is 3.78. The first-order valence-electron chi connectivity index (χ1n) is 10.3. The topological polar surface area (TPSA) is 79.4 Å². The standard InChI is InChI=1S/C23H24FN3O3S2/c1-16-20(15-18-9-5-6-10-19(18)24)31-23(25-16)26-22(28)21(17-7-3-2-4-8-17)27-11-13-32(29,30)14-12-27/h2-10,21H,11-15H2,1H3,(H,25,26,28). The Kier molecular flexibility index (Phi) is 6.68. The molecule has 0 bridgehead atoms. The Balaban J connectivity index is 1.54. The Labute approximate surface area is 191 Å². The summed E-state index contributed by atoms with van der Waals surface area (Å²) in [6, 6.07) is 15.3. The summed E-state index contributed by atoms with van der Waals surface area (Å²) in [5, 5.41) is 3.35. The highest BCUT2D eigenvalue weighted by atomic mass is 32.2. The predicted molar refractivity (Wildman–Crippen MR) is 124 cm³/mol. The SMILES string of the molecule is Cc1nc(NC(=O)C(c2ccccc2)N2CCS(=O)(=O)CC2)sc1Cc1ccccc1F. The van der Waals surface area contributed by atoms with Crippen molar-refractivity contribution in [3.05, 3.63) is 82.1 Å². The van der Waals surface area contributed by atoms with Crippen molar-refractivity contribution in [2.75, 3.05) is 29.9 Å². The molecule has 1 atom stereocenters. The van der Waals surface area contributed by atoms with E-state index < -0.39 is 15.9 Å². The molecule has 168 valence electrons. The van der Waals surface area contributed by atoms with Crippen molar-refractivity contribution in [3.8, 4) is 0 Å². The van der Waals surface area contributed by atoms with Crippen LogP contribution in [0.5, 0.6) is 0 Å². The number of hydrogen-bond acceptors (Lipinski definition) is 6. The first-order valence-corrected chi connectivity index (χ1v) is 13.0. The minimum absolute atomic E-state index is 0.0345. The number of thiazole rings is 1. The van der Waals surface area contributed by atoms with Gasteiger partial charge in [0, 0.05) is 24.4 Å². The molecule has 1 fully saturated rings. The summed E-state index contributed by atoms with van der Waals surface area (Å²) < 4.78 is 37.8. The minimum atomic E-state index is -3.07. The van der Waals surface area contributed by atoms with Crippen LogP contribution in [0.1, 0.15) is 27.7 Å². The van der Waals surface area contributed by atoms with E-state index in [2.05, 4.69) is 10.3 Å². The normalized spacial score (nSPS) is 17.1. The van der Waals surface area contributed by atoms with Gasteiger partial charge in [0.15, 0.2) is 15.0 Å². The molecule has 6 nitrogen and oxygen atoms in total. The summed E-state index contributed by atoms with van der Waals surface area (Å²) in [7, 11) is -3.07. The molecule has 0 spiro atoms. The summed E-state index contributed by atoms with van der Waals surface area (Å²) in [6.45, 7) is 2.43. The van der Waals surface area contributed by atoms with E-state index in [1.165, 1.54) is 17.4 Å². The fraction of sp³-hybridized carbons (Fsp3) is 0.304. The Morgan fingerprint density at radius 1 is 1.12 bits per heavy atom. The van der Waals surface area contributed by atoms with Gasteiger partial charge in [-0.15, -0.1) is 11.3 Å². The third kappa shape index (κ3) is 5.23. The molecule has 4 rings (SSSR count). The van der Waals surface area contributed by atoms with E-state index in [4.69, 9.17) is 0 Å². The van der Waals surface area contributed by atoms with Gasteiger partial charge in [-0.05, 0) is 24.1 Å². The highest BCUT2D eigenvalue weighted by Crippen LogP contribution is 2.29. The Bertz CT molecular complexity index is 1200. The van der Waals surface area contributed by atoms with Crippen molar-refractivity contribution in [1.82, 2.24) is 9.88 Å². The maximum Gasteiger partial charge on any atom is 0.248 e. The quantitative estimate of drug-likeness (QED) is 0.592. The number of hydrogen-bond donors (Lipinski definition) is 1. The lowest BCUT2D eigenvalue weighted by atomic mass is 10.0. The molecule has 1 saturated heterocycles. The van der Waals surface area contributed by atoms with Gasteiger partial charge in [0.25, 0.3) is 0 Å². The first kappa shape index (κ1) is 22.6. The summed E-state index contributed by atoms with van der Waals surface area (Å²) in [4.78, 5) is 20.6.